The van der Waals surface area contributed by atoms with Crippen LogP contribution in [0.25, 0.3) is 0 Å². The van der Waals surface area contributed by atoms with Gasteiger partial charge in [-0.3, -0.25) is 14.4 Å². The van der Waals surface area contributed by atoms with Gasteiger partial charge in [-0.15, -0.1) is 0 Å². The quantitative estimate of drug-likeness (QED) is 0.802. The first kappa shape index (κ1) is 14.0. The number of nitrogens with one attached hydrogen (secondary N) is 1. The van der Waals surface area contributed by atoms with Gasteiger partial charge in [-0.1, -0.05) is 0 Å². The van der Waals surface area contributed by atoms with Crippen LogP contribution in [0.5, 0.6) is 0 Å². The van der Waals surface area contributed by atoms with Crippen LogP contribution in [0.3, 0.4) is 0 Å². The summed E-state index contributed by atoms with van der Waals surface area (Å²) in [5.41, 5.74) is -1.49. The molecular formula is C12H16N2O4. The number of aryl methyl sites for hydroxylation is 1. The molecule has 1 heterocycles. The number of aliphatic carboxylic acids is 1. The summed E-state index contributed by atoms with van der Waals surface area (Å²) in [4.78, 5) is 34.3. The number of hydrogen-bond donors (Lipinski definition) is 2. The van der Waals surface area contributed by atoms with Gasteiger partial charge < -0.3 is 15.0 Å². The molecule has 2 N–H and O–H groups in total. The van der Waals surface area contributed by atoms with Crippen LogP contribution in [0.1, 0.15) is 24.2 Å². The molecular weight excluding hydrogens is 236 g/mol. The van der Waals surface area contributed by atoms with E-state index in [9.17, 15) is 14.4 Å². The summed E-state index contributed by atoms with van der Waals surface area (Å²) in [6, 6.07) is 2.99. The lowest BCUT2D eigenvalue weighted by atomic mass is 9.94. The molecule has 0 aliphatic rings. The lowest BCUT2D eigenvalue weighted by Gasteiger charge is -2.19. The van der Waals surface area contributed by atoms with Crippen molar-refractivity contribution >= 4 is 11.9 Å². The lowest BCUT2D eigenvalue weighted by molar-refractivity contribution is -0.146. The Hall–Kier alpha value is -2.11. The molecule has 6 nitrogen and oxygen atoms in total. The Morgan fingerprint density at radius 3 is 2.61 bits per heavy atom. The maximum Gasteiger partial charge on any atom is 0.310 e. The van der Waals surface area contributed by atoms with Gasteiger partial charge in [0, 0.05) is 19.8 Å². The number of rotatable bonds is 4. The minimum absolute atomic E-state index is 0.00110. The molecule has 6 heteroatoms. The Kier molecular flexibility index (Phi) is 3.90. The molecule has 1 rings (SSSR count). The Balaban J connectivity index is 2.82. The van der Waals surface area contributed by atoms with Crippen molar-refractivity contribution in [1.82, 2.24) is 9.88 Å². The maximum absolute atomic E-state index is 11.8. The summed E-state index contributed by atoms with van der Waals surface area (Å²) in [6.45, 7) is 2.96. The van der Waals surface area contributed by atoms with Crippen LogP contribution < -0.4 is 10.9 Å². The third-order valence-corrected chi connectivity index (χ3v) is 2.64. The van der Waals surface area contributed by atoms with E-state index in [1.54, 1.807) is 19.3 Å². The number of aromatic nitrogens is 1. The van der Waals surface area contributed by atoms with Gasteiger partial charge in [0.2, 0.25) is 0 Å². The van der Waals surface area contributed by atoms with Gasteiger partial charge >= 0.3 is 5.97 Å². The van der Waals surface area contributed by atoms with E-state index in [1.807, 2.05) is 0 Å². The van der Waals surface area contributed by atoms with Crippen LogP contribution in [-0.2, 0) is 11.8 Å². The van der Waals surface area contributed by atoms with E-state index in [0.29, 0.717) is 0 Å². The van der Waals surface area contributed by atoms with Gasteiger partial charge in [0.05, 0.1) is 5.41 Å². The fourth-order valence-electron chi connectivity index (χ4n) is 1.24. The lowest BCUT2D eigenvalue weighted by Crippen LogP contribution is -2.40. The molecule has 1 aromatic rings. The van der Waals surface area contributed by atoms with Crippen LogP contribution in [0.4, 0.5) is 0 Å². The van der Waals surface area contributed by atoms with Gasteiger partial charge in [-0.25, -0.2) is 0 Å². The van der Waals surface area contributed by atoms with Crippen LogP contribution in [0.15, 0.2) is 23.1 Å². The molecule has 0 spiro atoms. The number of carbonyl (C=O) groups excluding carboxylic acids is 1. The molecule has 18 heavy (non-hydrogen) atoms. The number of carboxylic acid groups (broad SMARTS) is 1. The molecule has 0 aliphatic heterocycles. The van der Waals surface area contributed by atoms with Gasteiger partial charge in [-0.2, -0.15) is 0 Å². The first-order valence-corrected chi connectivity index (χ1v) is 5.43. The Labute approximate surface area is 104 Å². The molecule has 0 radical (unpaired) electrons. The Bertz CT molecular complexity index is 531. The number of nitrogens with zero attached hydrogens (tertiary/aromatic N) is 1. The number of amides is 1. The van der Waals surface area contributed by atoms with E-state index in [-0.39, 0.29) is 12.1 Å². The molecule has 0 fully saturated rings. The predicted octanol–water partition coefficient (Wildman–Crippen LogP) is 0.226. The average Bonchev–Trinajstić information content (AvgIpc) is 2.29. The number of carbonyl (C=O) groups is 2. The highest BCUT2D eigenvalue weighted by molar-refractivity contribution is 5.94. The average molecular weight is 252 g/mol. The maximum atomic E-state index is 11.8. The van der Waals surface area contributed by atoms with Crippen LogP contribution in [0.2, 0.25) is 0 Å². The van der Waals surface area contributed by atoms with Crippen molar-refractivity contribution in [2.24, 2.45) is 12.5 Å². The monoisotopic (exact) mass is 252 g/mol. The smallest absolute Gasteiger partial charge is 0.310 e. The highest BCUT2D eigenvalue weighted by atomic mass is 16.4. The summed E-state index contributed by atoms with van der Waals surface area (Å²) in [6.07, 6.45) is 1.54. The zero-order valence-corrected chi connectivity index (χ0v) is 10.6. The number of carboxylic acids is 1. The predicted molar refractivity (Wildman–Crippen MR) is 65.4 cm³/mol. The molecule has 0 saturated carbocycles. The summed E-state index contributed by atoms with van der Waals surface area (Å²) in [5.74, 6) is -1.57. The molecule has 98 valence electrons. The van der Waals surface area contributed by atoms with Crippen molar-refractivity contribution in [2.45, 2.75) is 13.8 Å². The second-order valence-corrected chi connectivity index (χ2v) is 4.71. The molecule has 0 atom stereocenters. The van der Waals surface area contributed by atoms with E-state index >= 15 is 0 Å². The molecule has 1 aromatic heterocycles. The van der Waals surface area contributed by atoms with Crippen molar-refractivity contribution in [2.75, 3.05) is 6.54 Å². The summed E-state index contributed by atoms with van der Waals surface area (Å²) in [7, 11) is 1.54. The molecule has 0 unspecified atom stereocenters. The summed E-state index contributed by atoms with van der Waals surface area (Å²) < 4.78 is 1.29. The fraction of sp³-hybridized carbons (Fsp3) is 0.417. The SMILES string of the molecule is Cn1cccc(C(=O)NCC(C)(C)C(=O)O)c1=O. The van der Waals surface area contributed by atoms with Crippen LogP contribution in [-0.4, -0.2) is 28.1 Å². The van der Waals surface area contributed by atoms with Gasteiger partial charge in [0.15, 0.2) is 0 Å². The Morgan fingerprint density at radius 1 is 1.44 bits per heavy atom. The highest BCUT2D eigenvalue weighted by Crippen LogP contribution is 2.13. The normalized spacial score (nSPS) is 11.1. The van der Waals surface area contributed by atoms with Gasteiger partial charge in [-0.05, 0) is 26.0 Å². The number of pyridine rings is 1. The van der Waals surface area contributed by atoms with E-state index in [0.717, 1.165) is 0 Å². The highest BCUT2D eigenvalue weighted by Gasteiger charge is 2.28. The first-order chi connectivity index (χ1) is 8.25. The van der Waals surface area contributed by atoms with Gasteiger partial charge in [0.25, 0.3) is 11.5 Å². The first-order valence-electron chi connectivity index (χ1n) is 5.43. The van der Waals surface area contributed by atoms with Crippen molar-refractivity contribution in [3.8, 4) is 0 Å². The van der Waals surface area contributed by atoms with E-state index < -0.39 is 22.9 Å². The third-order valence-electron chi connectivity index (χ3n) is 2.64. The second-order valence-electron chi connectivity index (χ2n) is 4.71. The van der Waals surface area contributed by atoms with E-state index in [1.165, 1.54) is 24.5 Å². The van der Waals surface area contributed by atoms with Crippen LogP contribution >= 0.6 is 0 Å². The third kappa shape index (κ3) is 2.97. The largest absolute Gasteiger partial charge is 0.481 e. The summed E-state index contributed by atoms with van der Waals surface area (Å²) in [5, 5.41) is 11.4. The Morgan fingerprint density at radius 2 is 2.06 bits per heavy atom. The van der Waals surface area contributed by atoms with Gasteiger partial charge in [0.1, 0.15) is 5.56 Å². The van der Waals surface area contributed by atoms with E-state index in [2.05, 4.69) is 5.32 Å². The zero-order valence-electron chi connectivity index (χ0n) is 10.6. The molecule has 0 saturated heterocycles. The van der Waals surface area contributed by atoms with Crippen molar-refractivity contribution in [3.63, 3.8) is 0 Å². The minimum atomic E-state index is -1.07. The fourth-order valence-corrected chi connectivity index (χ4v) is 1.24. The zero-order chi connectivity index (χ0) is 13.9. The number of hydrogen-bond acceptors (Lipinski definition) is 3. The molecule has 0 aromatic carbocycles. The van der Waals surface area contributed by atoms with E-state index in [4.69, 9.17) is 5.11 Å². The topological polar surface area (TPSA) is 88.4 Å². The minimum Gasteiger partial charge on any atom is -0.481 e. The standard InChI is InChI=1S/C12H16N2O4/c1-12(2,11(17)18)7-13-9(15)8-5-4-6-14(3)10(8)16/h4-6H,7H2,1-3H3,(H,13,15)(H,17,18). The van der Waals surface area contributed by atoms with Crippen molar-refractivity contribution in [1.29, 1.82) is 0 Å². The second kappa shape index (κ2) is 5.03. The molecule has 0 bridgehead atoms. The molecule has 0 aliphatic carbocycles. The summed E-state index contributed by atoms with van der Waals surface area (Å²) >= 11 is 0. The molecule has 1 amide bonds. The van der Waals surface area contributed by atoms with Crippen LogP contribution in [0, 0.1) is 5.41 Å². The van der Waals surface area contributed by atoms with Crippen molar-refractivity contribution in [3.05, 3.63) is 34.2 Å². The van der Waals surface area contributed by atoms with Crippen molar-refractivity contribution < 1.29 is 14.7 Å².